The molecule has 0 radical (unpaired) electrons. The highest BCUT2D eigenvalue weighted by Gasteiger charge is 1.98. The lowest BCUT2D eigenvalue weighted by Gasteiger charge is -2.04. The lowest BCUT2D eigenvalue weighted by atomic mass is 10.1. The molecule has 0 aliphatic carbocycles. The molecule has 1 heterocycles. The highest BCUT2D eigenvalue weighted by atomic mass is 15.0. The van der Waals surface area contributed by atoms with E-state index >= 15 is 0 Å². The topological polar surface area (TPSA) is 37.0 Å². The summed E-state index contributed by atoms with van der Waals surface area (Å²) in [6.45, 7) is 0.876. The Morgan fingerprint density at radius 1 is 1.13 bits per heavy atom. The standard InChI is InChI=1S/C12H15N3/c1-13-8-9-3-4-10-5-6-12(14-2)15-11(10)7-9/h3-7,13H,8H2,1-2H3,(H,14,15). The molecule has 2 rings (SSSR count). The average Bonchev–Trinajstić information content (AvgIpc) is 2.28. The molecule has 0 spiro atoms. The first-order valence-corrected chi connectivity index (χ1v) is 5.05. The molecule has 1 aromatic heterocycles. The van der Waals surface area contributed by atoms with Gasteiger partial charge in [-0.3, -0.25) is 0 Å². The summed E-state index contributed by atoms with van der Waals surface area (Å²) in [4.78, 5) is 4.50. The minimum Gasteiger partial charge on any atom is -0.373 e. The van der Waals surface area contributed by atoms with Gasteiger partial charge < -0.3 is 10.6 Å². The lowest BCUT2D eigenvalue weighted by molar-refractivity contribution is 0.819. The summed E-state index contributed by atoms with van der Waals surface area (Å²) < 4.78 is 0. The Hall–Kier alpha value is -1.61. The third kappa shape index (κ3) is 2.07. The monoisotopic (exact) mass is 201 g/mol. The average molecular weight is 201 g/mol. The van der Waals surface area contributed by atoms with Gasteiger partial charge in [0.2, 0.25) is 0 Å². The predicted molar refractivity (Wildman–Crippen MR) is 64.1 cm³/mol. The van der Waals surface area contributed by atoms with E-state index in [4.69, 9.17) is 0 Å². The third-order valence-corrected chi connectivity index (χ3v) is 2.39. The van der Waals surface area contributed by atoms with E-state index in [0.29, 0.717) is 0 Å². The van der Waals surface area contributed by atoms with Crippen LogP contribution in [0.4, 0.5) is 5.82 Å². The van der Waals surface area contributed by atoms with E-state index in [1.54, 1.807) is 0 Å². The minimum atomic E-state index is 0.876. The van der Waals surface area contributed by atoms with Crippen molar-refractivity contribution in [1.82, 2.24) is 10.3 Å². The van der Waals surface area contributed by atoms with Crippen LogP contribution in [-0.2, 0) is 6.54 Å². The lowest BCUT2D eigenvalue weighted by Crippen LogP contribution is -2.04. The quantitative estimate of drug-likeness (QED) is 0.797. The van der Waals surface area contributed by atoms with Gasteiger partial charge in [-0.1, -0.05) is 12.1 Å². The Morgan fingerprint density at radius 2 is 1.93 bits per heavy atom. The Morgan fingerprint density at radius 3 is 2.67 bits per heavy atom. The predicted octanol–water partition coefficient (Wildman–Crippen LogP) is 2.00. The molecular weight excluding hydrogens is 186 g/mol. The molecule has 0 bridgehead atoms. The molecule has 0 fully saturated rings. The smallest absolute Gasteiger partial charge is 0.126 e. The zero-order valence-electron chi connectivity index (χ0n) is 9.04. The molecule has 1 aromatic carbocycles. The maximum atomic E-state index is 4.50. The Labute approximate surface area is 89.5 Å². The van der Waals surface area contributed by atoms with Crippen LogP contribution in [0.2, 0.25) is 0 Å². The number of aromatic nitrogens is 1. The largest absolute Gasteiger partial charge is 0.373 e. The molecule has 0 saturated carbocycles. The summed E-state index contributed by atoms with van der Waals surface area (Å²) in [5.41, 5.74) is 2.29. The number of benzene rings is 1. The molecule has 0 unspecified atom stereocenters. The molecule has 3 heteroatoms. The van der Waals surface area contributed by atoms with Crippen LogP contribution in [0.1, 0.15) is 5.56 Å². The zero-order chi connectivity index (χ0) is 10.7. The molecule has 15 heavy (non-hydrogen) atoms. The summed E-state index contributed by atoms with van der Waals surface area (Å²) in [7, 11) is 3.83. The number of fused-ring (bicyclic) bond motifs is 1. The van der Waals surface area contributed by atoms with Crippen molar-refractivity contribution in [2.75, 3.05) is 19.4 Å². The van der Waals surface area contributed by atoms with E-state index in [1.165, 1.54) is 10.9 Å². The Kier molecular flexibility index (Phi) is 2.83. The number of pyridine rings is 1. The van der Waals surface area contributed by atoms with Gasteiger partial charge in [-0.05, 0) is 30.8 Å². The van der Waals surface area contributed by atoms with Crippen molar-refractivity contribution in [1.29, 1.82) is 0 Å². The molecule has 0 amide bonds. The van der Waals surface area contributed by atoms with Crippen LogP contribution >= 0.6 is 0 Å². The van der Waals surface area contributed by atoms with E-state index in [-0.39, 0.29) is 0 Å². The molecule has 0 aliphatic rings. The van der Waals surface area contributed by atoms with Crippen molar-refractivity contribution in [3.8, 4) is 0 Å². The van der Waals surface area contributed by atoms with E-state index in [0.717, 1.165) is 17.9 Å². The zero-order valence-corrected chi connectivity index (χ0v) is 9.04. The van der Waals surface area contributed by atoms with Gasteiger partial charge in [0.05, 0.1) is 5.52 Å². The van der Waals surface area contributed by atoms with Crippen LogP contribution in [0.25, 0.3) is 10.9 Å². The molecule has 0 aliphatic heterocycles. The first-order valence-electron chi connectivity index (χ1n) is 5.05. The van der Waals surface area contributed by atoms with Gasteiger partial charge >= 0.3 is 0 Å². The van der Waals surface area contributed by atoms with Crippen LogP contribution in [0.3, 0.4) is 0 Å². The van der Waals surface area contributed by atoms with Crippen LogP contribution in [-0.4, -0.2) is 19.1 Å². The Bertz CT molecular complexity index is 465. The summed E-state index contributed by atoms with van der Waals surface area (Å²) in [5.74, 6) is 0.907. The van der Waals surface area contributed by atoms with Crippen molar-refractivity contribution in [2.45, 2.75) is 6.54 Å². The fourth-order valence-corrected chi connectivity index (χ4v) is 1.62. The Balaban J connectivity index is 2.48. The number of anilines is 1. The van der Waals surface area contributed by atoms with Crippen molar-refractivity contribution >= 4 is 16.7 Å². The maximum absolute atomic E-state index is 4.50. The van der Waals surface area contributed by atoms with Gasteiger partial charge in [-0.2, -0.15) is 0 Å². The molecule has 3 nitrogen and oxygen atoms in total. The first kappa shape index (κ1) is 9.93. The normalized spacial score (nSPS) is 10.5. The summed E-state index contributed by atoms with van der Waals surface area (Å²) in [6, 6.07) is 10.4. The van der Waals surface area contributed by atoms with E-state index in [1.807, 2.05) is 20.2 Å². The number of hydrogen-bond donors (Lipinski definition) is 2. The molecule has 0 saturated heterocycles. The maximum Gasteiger partial charge on any atom is 0.126 e. The molecule has 2 aromatic rings. The fourth-order valence-electron chi connectivity index (χ4n) is 1.62. The highest BCUT2D eigenvalue weighted by Crippen LogP contribution is 2.16. The second-order valence-corrected chi connectivity index (χ2v) is 3.50. The van der Waals surface area contributed by atoms with E-state index in [9.17, 15) is 0 Å². The fraction of sp³-hybridized carbons (Fsp3) is 0.250. The number of nitrogens with one attached hydrogen (secondary N) is 2. The van der Waals surface area contributed by atoms with Gasteiger partial charge in [-0.25, -0.2) is 4.98 Å². The van der Waals surface area contributed by atoms with Gasteiger partial charge in [-0.15, -0.1) is 0 Å². The second-order valence-electron chi connectivity index (χ2n) is 3.50. The van der Waals surface area contributed by atoms with Crippen LogP contribution in [0, 0.1) is 0 Å². The van der Waals surface area contributed by atoms with Gasteiger partial charge in [0, 0.05) is 19.0 Å². The van der Waals surface area contributed by atoms with Crippen LogP contribution in [0.5, 0.6) is 0 Å². The number of rotatable bonds is 3. The minimum absolute atomic E-state index is 0.876. The van der Waals surface area contributed by atoms with Gasteiger partial charge in [0.25, 0.3) is 0 Å². The number of nitrogens with zero attached hydrogens (tertiary/aromatic N) is 1. The van der Waals surface area contributed by atoms with Crippen molar-refractivity contribution in [3.05, 3.63) is 35.9 Å². The van der Waals surface area contributed by atoms with E-state index in [2.05, 4.69) is 39.9 Å². The van der Waals surface area contributed by atoms with Crippen LogP contribution < -0.4 is 10.6 Å². The summed E-state index contributed by atoms with van der Waals surface area (Å²) in [5, 5.41) is 7.35. The SMILES string of the molecule is CNCc1ccc2ccc(NC)nc2c1. The van der Waals surface area contributed by atoms with Crippen LogP contribution in [0.15, 0.2) is 30.3 Å². The van der Waals surface area contributed by atoms with Crippen molar-refractivity contribution in [2.24, 2.45) is 0 Å². The highest BCUT2D eigenvalue weighted by molar-refractivity contribution is 5.80. The molecular formula is C12H15N3. The molecule has 0 atom stereocenters. The summed E-state index contributed by atoms with van der Waals surface area (Å²) in [6.07, 6.45) is 0. The second kappa shape index (κ2) is 4.28. The molecule has 2 N–H and O–H groups in total. The van der Waals surface area contributed by atoms with Gasteiger partial charge in [0.1, 0.15) is 5.82 Å². The first-order chi connectivity index (χ1) is 7.33. The third-order valence-electron chi connectivity index (χ3n) is 2.39. The van der Waals surface area contributed by atoms with Crippen molar-refractivity contribution < 1.29 is 0 Å². The number of hydrogen-bond acceptors (Lipinski definition) is 3. The molecule has 78 valence electrons. The van der Waals surface area contributed by atoms with E-state index < -0.39 is 0 Å². The van der Waals surface area contributed by atoms with Crippen molar-refractivity contribution in [3.63, 3.8) is 0 Å². The van der Waals surface area contributed by atoms with Gasteiger partial charge in [0.15, 0.2) is 0 Å². The summed E-state index contributed by atoms with van der Waals surface area (Å²) >= 11 is 0.